The quantitative estimate of drug-likeness (QED) is 0.727. The third-order valence-corrected chi connectivity index (χ3v) is 3.70. The zero-order chi connectivity index (χ0) is 15.8. The molecule has 0 spiro atoms. The van der Waals surface area contributed by atoms with Crippen LogP contribution in [0, 0.1) is 0 Å². The lowest BCUT2D eigenvalue weighted by Crippen LogP contribution is -1.99. The molecule has 1 aliphatic heterocycles. The number of aromatic nitrogens is 2. The molecule has 0 radical (unpaired) electrons. The first-order valence-corrected chi connectivity index (χ1v) is 6.99. The number of benzene rings is 1. The van der Waals surface area contributed by atoms with Crippen molar-refractivity contribution in [2.24, 2.45) is 0 Å². The molecule has 1 aromatic carbocycles. The number of nitrogens with one attached hydrogen (secondary N) is 1. The van der Waals surface area contributed by atoms with Gasteiger partial charge in [0.25, 0.3) is 0 Å². The predicted molar refractivity (Wildman–Crippen MR) is 84.2 cm³/mol. The molecule has 0 bridgehead atoms. The second kappa shape index (κ2) is 5.17. The van der Waals surface area contributed by atoms with Crippen LogP contribution in [0.3, 0.4) is 0 Å². The van der Waals surface area contributed by atoms with E-state index in [2.05, 4.69) is 9.97 Å². The Morgan fingerprint density at radius 3 is 3.00 bits per heavy atom. The molecule has 0 fully saturated rings. The minimum absolute atomic E-state index is 0.152. The highest BCUT2D eigenvalue weighted by molar-refractivity contribution is 6.21. The van der Waals surface area contributed by atoms with E-state index < -0.39 is 5.97 Å². The summed E-state index contributed by atoms with van der Waals surface area (Å²) in [6, 6.07) is 8.81. The van der Waals surface area contributed by atoms with Crippen LogP contribution in [0.2, 0.25) is 0 Å². The summed E-state index contributed by atoms with van der Waals surface area (Å²) < 4.78 is 10.6. The molecule has 0 saturated carbocycles. The molecule has 114 valence electrons. The summed E-state index contributed by atoms with van der Waals surface area (Å²) in [5, 5.41) is 10.4. The van der Waals surface area contributed by atoms with Gasteiger partial charge in [0.05, 0.1) is 5.57 Å². The first-order valence-electron chi connectivity index (χ1n) is 6.99. The van der Waals surface area contributed by atoms with Gasteiger partial charge >= 0.3 is 5.97 Å². The number of pyridine rings is 1. The first-order chi connectivity index (χ1) is 11.2. The summed E-state index contributed by atoms with van der Waals surface area (Å²) >= 11 is 0. The van der Waals surface area contributed by atoms with Crippen molar-refractivity contribution in [2.45, 2.75) is 0 Å². The van der Waals surface area contributed by atoms with Gasteiger partial charge in [-0.2, -0.15) is 0 Å². The summed E-state index contributed by atoms with van der Waals surface area (Å²) in [5.74, 6) is 0.159. The molecule has 4 rings (SSSR count). The van der Waals surface area contributed by atoms with Crippen LogP contribution in [-0.4, -0.2) is 27.8 Å². The molecule has 0 aliphatic carbocycles. The summed E-state index contributed by atoms with van der Waals surface area (Å²) in [6.45, 7) is 0.152. The van der Waals surface area contributed by atoms with Crippen molar-refractivity contribution in [3.05, 3.63) is 53.9 Å². The molecule has 0 atom stereocenters. The molecule has 3 heterocycles. The highest BCUT2D eigenvalue weighted by Crippen LogP contribution is 2.35. The Morgan fingerprint density at radius 2 is 2.13 bits per heavy atom. The zero-order valence-electron chi connectivity index (χ0n) is 11.9. The maximum Gasteiger partial charge on any atom is 0.336 e. The summed E-state index contributed by atoms with van der Waals surface area (Å²) in [7, 11) is 0. The number of hydrogen-bond acceptors (Lipinski definition) is 4. The minimum Gasteiger partial charge on any atom is -0.478 e. The number of fused-ring (bicyclic) bond motifs is 2. The molecule has 0 unspecified atom stereocenters. The second-order valence-corrected chi connectivity index (χ2v) is 5.07. The molecule has 1 aliphatic rings. The fraction of sp³-hybridized carbons (Fsp3) is 0.0588. The summed E-state index contributed by atoms with van der Waals surface area (Å²) in [5.41, 5.74) is 2.21. The van der Waals surface area contributed by atoms with E-state index in [0.29, 0.717) is 22.7 Å². The number of carboxylic acid groups (broad SMARTS) is 1. The molecule has 6 nitrogen and oxygen atoms in total. The molecule has 2 N–H and O–H groups in total. The topological polar surface area (TPSA) is 84.4 Å². The van der Waals surface area contributed by atoms with Crippen molar-refractivity contribution in [1.29, 1.82) is 0 Å². The Labute approximate surface area is 131 Å². The molecule has 2 aromatic heterocycles. The fourth-order valence-electron chi connectivity index (χ4n) is 2.58. The number of aromatic amines is 1. The largest absolute Gasteiger partial charge is 0.478 e. The predicted octanol–water partition coefficient (Wildman–Crippen LogP) is 2.92. The lowest BCUT2D eigenvalue weighted by molar-refractivity contribution is -0.130. The van der Waals surface area contributed by atoms with Gasteiger partial charge in [0.1, 0.15) is 5.65 Å². The minimum atomic E-state index is -1.01. The number of rotatable bonds is 3. The Morgan fingerprint density at radius 1 is 1.26 bits per heavy atom. The SMILES string of the molecule is O=C(O)C(=Cc1c[nH]c2ncccc12)c1ccc2c(c1)OCO2. The van der Waals surface area contributed by atoms with E-state index in [1.807, 2.05) is 12.1 Å². The van der Waals surface area contributed by atoms with Gasteiger partial charge in [-0.25, -0.2) is 9.78 Å². The van der Waals surface area contributed by atoms with Crippen molar-refractivity contribution >= 4 is 28.7 Å². The average molecular weight is 308 g/mol. The van der Waals surface area contributed by atoms with E-state index >= 15 is 0 Å². The van der Waals surface area contributed by atoms with Crippen LogP contribution in [0.15, 0.2) is 42.7 Å². The smallest absolute Gasteiger partial charge is 0.336 e. The monoisotopic (exact) mass is 308 g/mol. The van der Waals surface area contributed by atoms with Gasteiger partial charge in [0, 0.05) is 23.3 Å². The molecular weight excluding hydrogens is 296 g/mol. The van der Waals surface area contributed by atoms with Crippen LogP contribution < -0.4 is 9.47 Å². The number of nitrogens with zero attached hydrogens (tertiary/aromatic N) is 1. The molecule has 6 heteroatoms. The van der Waals surface area contributed by atoms with Crippen molar-refractivity contribution in [3.8, 4) is 11.5 Å². The van der Waals surface area contributed by atoms with E-state index in [1.165, 1.54) is 0 Å². The van der Waals surface area contributed by atoms with Gasteiger partial charge in [-0.15, -0.1) is 0 Å². The van der Waals surface area contributed by atoms with E-state index in [0.717, 1.165) is 10.9 Å². The van der Waals surface area contributed by atoms with Gasteiger partial charge < -0.3 is 19.6 Å². The van der Waals surface area contributed by atoms with Crippen molar-refractivity contribution < 1.29 is 19.4 Å². The third-order valence-electron chi connectivity index (χ3n) is 3.70. The lowest BCUT2D eigenvalue weighted by atomic mass is 10.0. The number of aliphatic carboxylic acids is 1. The Balaban J connectivity index is 1.83. The van der Waals surface area contributed by atoms with Gasteiger partial charge in [-0.1, -0.05) is 6.07 Å². The molecule has 0 amide bonds. The summed E-state index contributed by atoms with van der Waals surface area (Å²) in [6.07, 6.45) is 5.05. The van der Waals surface area contributed by atoms with Crippen LogP contribution in [0.4, 0.5) is 0 Å². The normalized spacial score (nSPS) is 13.5. The van der Waals surface area contributed by atoms with E-state index in [4.69, 9.17) is 9.47 Å². The second-order valence-electron chi connectivity index (χ2n) is 5.07. The zero-order valence-corrected chi connectivity index (χ0v) is 11.9. The average Bonchev–Trinajstić information content (AvgIpc) is 3.18. The van der Waals surface area contributed by atoms with E-state index in [9.17, 15) is 9.90 Å². The van der Waals surface area contributed by atoms with Crippen LogP contribution >= 0.6 is 0 Å². The molecule has 23 heavy (non-hydrogen) atoms. The van der Waals surface area contributed by atoms with E-state index in [-0.39, 0.29) is 12.4 Å². The highest BCUT2D eigenvalue weighted by atomic mass is 16.7. The molecular formula is C17H12N2O4. The Hall–Kier alpha value is -3.28. The van der Waals surface area contributed by atoms with Crippen LogP contribution in [-0.2, 0) is 4.79 Å². The van der Waals surface area contributed by atoms with Crippen molar-refractivity contribution in [3.63, 3.8) is 0 Å². The molecule has 3 aromatic rings. The number of carbonyl (C=O) groups is 1. The number of carboxylic acids is 1. The van der Waals surface area contributed by atoms with Crippen molar-refractivity contribution in [2.75, 3.05) is 6.79 Å². The third kappa shape index (κ3) is 2.30. The molecule has 0 saturated heterocycles. The number of ether oxygens (including phenoxy) is 2. The Bertz CT molecular complexity index is 943. The van der Waals surface area contributed by atoms with Crippen LogP contribution in [0.25, 0.3) is 22.7 Å². The highest BCUT2D eigenvalue weighted by Gasteiger charge is 2.18. The van der Waals surface area contributed by atoms with Crippen molar-refractivity contribution in [1.82, 2.24) is 9.97 Å². The fourth-order valence-corrected chi connectivity index (χ4v) is 2.58. The lowest BCUT2D eigenvalue weighted by Gasteiger charge is -2.04. The van der Waals surface area contributed by atoms with Gasteiger partial charge in [0.2, 0.25) is 6.79 Å². The van der Waals surface area contributed by atoms with Gasteiger partial charge in [0.15, 0.2) is 11.5 Å². The van der Waals surface area contributed by atoms with Crippen LogP contribution in [0.5, 0.6) is 11.5 Å². The van der Waals surface area contributed by atoms with Crippen LogP contribution in [0.1, 0.15) is 11.1 Å². The van der Waals surface area contributed by atoms with Gasteiger partial charge in [-0.3, -0.25) is 0 Å². The maximum absolute atomic E-state index is 11.7. The van der Waals surface area contributed by atoms with E-state index in [1.54, 1.807) is 36.7 Å². The summed E-state index contributed by atoms with van der Waals surface area (Å²) in [4.78, 5) is 18.9. The maximum atomic E-state index is 11.7. The Kier molecular flexibility index (Phi) is 3.01. The standard InChI is InChI=1S/C17H12N2O4/c20-17(21)13(10-3-4-14-15(7-10)23-9-22-14)6-11-8-19-16-12(11)2-1-5-18-16/h1-8H,9H2,(H,18,19)(H,20,21). The number of hydrogen-bond donors (Lipinski definition) is 2. The van der Waals surface area contributed by atoms with Gasteiger partial charge in [-0.05, 0) is 35.9 Å². The first kappa shape index (κ1) is 13.4. The number of H-pyrrole nitrogens is 1.